The first-order chi connectivity index (χ1) is 10.4. The Morgan fingerprint density at radius 3 is 2.55 bits per heavy atom. The molecule has 2 atom stereocenters. The van der Waals surface area contributed by atoms with Gasteiger partial charge in [0.1, 0.15) is 6.29 Å². The number of ether oxygens (including phenoxy) is 1. The molecule has 2 unspecified atom stereocenters. The normalized spacial score (nSPS) is 13.4. The van der Waals surface area contributed by atoms with Crippen molar-refractivity contribution in [3.8, 4) is 0 Å². The van der Waals surface area contributed by atoms with Crippen LogP contribution >= 0.6 is 11.6 Å². The maximum Gasteiger partial charge on any atom is 0.130 e. The lowest BCUT2D eigenvalue weighted by Crippen LogP contribution is -2.47. The van der Waals surface area contributed by atoms with Crippen molar-refractivity contribution in [1.29, 1.82) is 0 Å². The Hall–Kier alpha value is -1.29. The molecule has 0 aliphatic rings. The van der Waals surface area contributed by atoms with Crippen LogP contribution in [0.15, 0.2) is 41.8 Å². The van der Waals surface area contributed by atoms with Gasteiger partial charge in [-0.25, -0.2) is 0 Å². The van der Waals surface area contributed by atoms with Crippen molar-refractivity contribution >= 4 is 11.6 Å². The third kappa shape index (κ3) is 8.23. The van der Waals surface area contributed by atoms with E-state index in [0.717, 1.165) is 16.3 Å². The third-order valence-electron chi connectivity index (χ3n) is 2.83. The van der Waals surface area contributed by atoms with Gasteiger partial charge in [-0.2, -0.15) is 0 Å². The highest BCUT2D eigenvalue weighted by Gasteiger charge is 2.02. The van der Waals surface area contributed by atoms with Gasteiger partial charge in [-0.3, -0.25) is 11.1 Å². The maximum atomic E-state index is 5.99. The fourth-order valence-electron chi connectivity index (χ4n) is 1.87. The minimum Gasteiger partial charge on any atom is -0.371 e. The molecule has 4 N–H and O–H groups in total. The summed E-state index contributed by atoms with van der Waals surface area (Å²) in [6, 6.07) is 7.66. The first-order valence-corrected chi connectivity index (χ1v) is 7.83. The topological polar surface area (TPSA) is 59.3 Å². The first kappa shape index (κ1) is 18.8. The van der Waals surface area contributed by atoms with Crippen LogP contribution in [0, 0.1) is 0 Å². The van der Waals surface area contributed by atoms with Crippen molar-refractivity contribution in [2.45, 2.75) is 52.7 Å². The van der Waals surface area contributed by atoms with E-state index in [-0.39, 0.29) is 18.5 Å². The number of benzene rings is 1. The number of rotatable bonds is 8. The summed E-state index contributed by atoms with van der Waals surface area (Å²) < 4.78 is 5.60. The van der Waals surface area contributed by atoms with Gasteiger partial charge in [-0.05, 0) is 51.5 Å². The average molecular weight is 324 g/mol. The second-order valence-electron chi connectivity index (χ2n) is 5.46. The Morgan fingerprint density at radius 1 is 1.32 bits per heavy atom. The Labute approximate surface area is 138 Å². The van der Waals surface area contributed by atoms with E-state index in [1.54, 1.807) is 0 Å². The van der Waals surface area contributed by atoms with E-state index >= 15 is 0 Å². The van der Waals surface area contributed by atoms with Gasteiger partial charge in [0.15, 0.2) is 0 Å². The van der Waals surface area contributed by atoms with Crippen LogP contribution in [0.25, 0.3) is 0 Å². The number of hydrogen-bond donors (Lipinski definition) is 3. The molecular formula is C17H26ClN3O. The quantitative estimate of drug-likeness (QED) is 0.508. The van der Waals surface area contributed by atoms with Gasteiger partial charge in [0, 0.05) is 11.6 Å². The molecule has 22 heavy (non-hydrogen) atoms. The van der Waals surface area contributed by atoms with E-state index in [2.05, 4.69) is 16.4 Å². The van der Waals surface area contributed by atoms with E-state index in [4.69, 9.17) is 22.1 Å². The molecule has 1 aromatic rings. The molecule has 0 saturated heterocycles. The molecule has 0 amide bonds. The van der Waals surface area contributed by atoms with Crippen LogP contribution in [-0.2, 0) is 11.3 Å². The Bertz CT molecular complexity index is 507. The summed E-state index contributed by atoms with van der Waals surface area (Å²) in [6.07, 6.45) is 1.76. The van der Waals surface area contributed by atoms with Gasteiger partial charge < -0.3 is 10.1 Å². The summed E-state index contributed by atoms with van der Waals surface area (Å²) in [4.78, 5) is 0. The number of halogens is 1. The van der Waals surface area contributed by atoms with Crippen LogP contribution in [0.5, 0.6) is 0 Å². The molecule has 0 bridgehead atoms. The largest absolute Gasteiger partial charge is 0.371 e. The molecule has 0 aromatic heterocycles. The van der Waals surface area contributed by atoms with Crippen molar-refractivity contribution < 1.29 is 4.74 Å². The highest BCUT2D eigenvalue weighted by molar-refractivity contribution is 6.30. The molecule has 0 aliphatic carbocycles. The molecule has 122 valence electrons. The molecule has 0 fully saturated rings. The van der Waals surface area contributed by atoms with E-state index in [1.807, 2.05) is 58.0 Å². The molecule has 4 nitrogen and oxygen atoms in total. The lowest BCUT2D eigenvalue weighted by Gasteiger charge is -2.16. The predicted octanol–water partition coefficient (Wildman–Crippen LogP) is 3.13. The Morgan fingerprint density at radius 2 is 1.95 bits per heavy atom. The standard InChI is InChI=1S/C17H26ClN3O/c1-12(2)22-14(4)6-5-13(3)21-17(19)20-11-15-7-9-16(18)10-8-15/h6-10,12,14,17,20-21H,11,19H2,1-4H3. The highest BCUT2D eigenvalue weighted by atomic mass is 35.5. The van der Waals surface area contributed by atoms with Crippen LogP contribution in [0.4, 0.5) is 0 Å². The van der Waals surface area contributed by atoms with Crippen molar-refractivity contribution in [3.63, 3.8) is 0 Å². The smallest absolute Gasteiger partial charge is 0.130 e. The van der Waals surface area contributed by atoms with Gasteiger partial charge >= 0.3 is 0 Å². The number of nitrogens with two attached hydrogens (primary N) is 1. The molecule has 0 saturated carbocycles. The van der Waals surface area contributed by atoms with E-state index in [1.165, 1.54) is 0 Å². The average Bonchev–Trinajstić information content (AvgIpc) is 2.44. The lowest BCUT2D eigenvalue weighted by atomic mass is 10.2. The predicted molar refractivity (Wildman–Crippen MR) is 92.4 cm³/mol. The van der Waals surface area contributed by atoms with Gasteiger partial charge in [0.25, 0.3) is 0 Å². The summed E-state index contributed by atoms with van der Waals surface area (Å²) in [5, 5.41) is 7.05. The Kier molecular flexibility index (Phi) is 8.25. The fourth-order valence-corrected chi connectivity index (χ4v) is 1.99. The number of nitrogens with one attached hydrogen (secondary N) is 2. The molecule has 0 heterocycles. The summed E-state index contributed by atoms with van der Waals surface area (Å²) in [6.45, 7) is 8.59. The zero-order valence-electron chi connectivity index (χ0n) is 13.7. The molecule has 0 radical (unpaired) electrons. The molecular weight excluding hydrogens is 298 g/mol. The van der Waals surface area contributed by atoms with Crippen LogP contribution < -0.4 is 16.4 Å². The van der Waals surface area contributed by atoms with E-state index < -0.39 is 0 Å². The number of hydrogen-bond acceptors (Lipinski definition) is 4. The van der Waals surface area contributed by atoms with E-state index in [9.17, 15) is 0 Å². The zero-order valence-corrected chi connectivity index (χ0v) is 14.4. The first-order valence-electron chi connectivity index (χ1n) is 7.45. The van der Waals surface area contributed by atoms with Crippen molar-refractivity contribution in [2.24, 2.45) is 5.73 Å². The van der Waals surface area contributed by atoms with Gasteiger partial charge in [0.2, 0.25) is 0 Å². The van der Waals surface area contributed by atoms with Crippen LogP contribution in [-0.4, -0.2) is 18.5 Å². The van der Waals surface area contributed by atoms with Crippen LogP contribution in [0.1, 0.15) is 33.3 Å². The summed E-state index contributed by atoms with van der Waals surface area (Å²) in [5.74, 6) is 0. The molecule has 1 rings (SSSR count). The van der Waals surface area contributed by atoms with Gasteiger partial charge in [0.05, 0.1) is 17.9 Å². The van der Waals surface area contributed by atoms with Gasteiger partial charge in [-0.15, -0.1) is 5.73 Å². The van der Waals surface area contributed by atoms with Crippen molar-refractivity contribution in [3.05, 3.63) is 52.4 Å². The second-order valence-corrected chi connectivity index (χ2v) is 5.89. The minimum absolute atomic E-state index is 0.0231. The van der Waals surface area contributed by atoms with Crippen molar-refractivity contribution in [2.75, 3.05) is 0 Å². The fraction of sp³-hybridized carbons (Fsp3) is 0.471. The third-order valence-corrected chi connectivity index (χ3v) is 3.08. The van der Waals surface area contributed by atoms with Crippen LogP contribution in [0.2, 0.25) is 5.02 Å². The second kappa shape index (κ2) is 9.67. The Balaban J connectivity index is 2.41. The van der Waals surface area contributed by atoms with Gasteiger partial charge in [-0.1, -0.05) is 23.7 Å². The molecule has 1 aromatic carbocycles. The van der Waals surface area contributed by atoms with Crippen LogP contribution in [0.3, 0.4) is 0 Å². The maximum absolute atomic E-state index is 5.99. The zero-order chi connectivity index (χ0) is 16.5. The summed E-state index contributed by atoms with van der Waals surface area (Å²) in [7, 11) is 0. The molecule has 5 heteroatoms. The highest BCUT2D eigenvalue weighted by Crippen LogP contribution is 2.09. The summed E-state index contributed by atoms with van der Waals surface area (Å²) in [5.41, 5.74) is 11.1. The van der Waals surface area contributed by atoms with Crippen molar-refractivity contribution in [1.82, 2.24) is 10.6 Å². The monoisotopic (exact) mass is 323 g/mol. The van der Waals surface area contributed by atoms with E-state index in [0.29, 0.717) is 6.54 Å². The summed E-state index contributed by atoms with van der Waals surface area (Å²) >= 11 is 5.85. The SMILES string of the molecule is CC(=C=CC(C)OC(C)C)NC(N)NCc1ccc(Cl)cc1. The molecule has 0 spiro atoms. The lowest BCUT2D eigenvalue weighted by molar-refractivity contribution is 0.0461. The minimum atomic E-state index is -0.349. The molecule has 0 aliphatic heterocycles.